The molecule has 1 aliphatic rings. The lowest BCUT2D eigenvalue weighted by Gasteiger charge is -2.13. The number of ether oxygens (including phenoxy) is 1. The van der Waals surface area contributed by atoms with E-state index in [4.69, 9.17) is 4.74 Å². The number of hydrogen-bond donors (Lipinski definition) is 1. The minimum atomic E-state index is -0.540. The van der Waals surface area contributed by atoms with Crippen LogP contribution in [0.2, 0.25) is 0 Å². The molecule has 7 heteroatoms. The average molecular weight is 278 g/mol. The summed E-state index contributed by atoms with van der Waals surface area (Å²) in [5.74, 6) is 0.0322. The van der Waals surface area contributed by atoms with E-state index in [0.29, 0.717) is 10.7 Å². The molecule has 0 saturated carbocycles. The highest BCUT2D eigenvalue weighted by Crippen LogP contribution is 2.29. The second-order valence-electron chi connectivity index (χ2n) is 3.62. The van der Waals surface area contributed by atoms with Crippen molar-refractivity contribution in [3.63, 3.8) is 0 Å². The maximum Gasteiger partial charge on any atom is 0.292 e. The molecular formula is C12H10N2O4S. The van der Waals surface area contributed by atoms with Crippen LogP contribution in [-0.2, 0) is 9.53 Å². The number of rotatable bonds is 3. The predicted octanol–water partition coefficient (Wildman–Crippen LogP) is 3.00. The smallest absolute Gasteiger partial charge is 0.292 e. The number of benzene rings is 1. The molecule has 0 saturated heterocycles. The van der Waals surface area contributed by atoms with E-state index in [1.165, 1.54) is 30.2 Å². The van der Waals surface area contributed by atoms with Crippen LogP contribution in [0.3, 0.4) is 0 Å². The Bertz CT molecular complexity index is 595. The molecule has 0 fully saturated rings. The summed E-state index contributed by atoms with van der Waals surface area (Å²) in [6, 6.07) is 5.98. The van der Waals surface area contributed by atoms with Crippen molar-refractivity contribution in [2.24, 2.45) is 0 Å². The third kappa shape index (κ3) is 2.94. The zero-order valence-corrected chi connectivity index (χ0v) is 10.8. The Labute approximate surface area is 113 Å². The van der Waals surface area contributed by atoms with Crippen LogP contribution in [-0.4, -0.2) is 10.8 Å². The fourth-order valence-electron chi connectivity index (χ4n) is 1.49. The highest BCUT2D eigenvalue weighted by molar-refractivity contribution is 8.06. The van der Waals surface area contributed by atoms with E-state index < -0.39 is 10.8 Å². The quantitative estimate of drug-likeness (QED) is 0.679. The van der Waals surface area contributed by atoms with Crippen molar-refractivity contribution in [3.8, 4) is 0 Å². The molecule has 0 bridgehead atoms. The number of nitrogens with zero attached hydrogens (tertiary/aromatic N) is 1. The zero-order valence-electron chi connectivity index (χ0n) is 9.95. The molecule has 6 nitrogen and oxygen atoms in total. The van der Waals surface area contributed by atoms with Crippen LogP contribution in [0.5, 0.6) is 0 Å². The summed E-state index contributed by atoms with van der Waals surface area (Å²) in [7, 11) is 0. The number of para-hydroxylation sites is 2. The molecule has 98 valence electrons. The van der Waals surface area contributed by atoms with Crippen molar-refractivity contribution in [3.05, 3.63) is 56.7 Å². The Kier molecular flexibility index (Phi) is 3.86. The first kappa shape index (κ1) is 13.2. The number of hydrogen-bond acceptors (Lipinski definition) is 5. The van der Waals surface area contributed by atoms with Crippen molar-refractivity contribution in [1.29, 1.82) is 0 Å². The molecule has 1 N–H and O–H groups in total. The Hall–Kier alpha value is -2.28. The van der Waals surface area contributed by atoms with Gasteiger partial charge in [-0.1, -0.05) is 23.9 Å². The summed E-state index contributed by atoms with van der Waals surface area (Å²) in [5, 5.41) is 15.0. The lowest BCUT2D eigenvalue weighted by atomic mass is 10.2. The molecule has 0 spiro atoms. The normalized spacial score (nSPS) is 13.9. The largest absolute Gasteiger partial charge is 0.468 e. The van der Waals surface area contributed by atoms with Gasteiger partial charge in [0.15, 0.2) is 0 Å². The molecule has 19 heavy (non-hydrogen) atoms. The fraction of sp³-hybridized carbons (Fsp3) is 0.0833. The number of nitrogens with one attached hydrogen (secondary N) is 1. The number of nitro groups is 1. The van der Waals surface area contributed by atoms with Gasteiger partial charge in [-0.2, -0.15) is 0 Å². The van der Waals surface area contributed by atoms with E-state index in [1.54, 1.807) is 24.5 Å². The van der Waals surface area contributed by atoms with Crippen LogP contribution in [0, 0.1) is 10.1 Å². The molecule has 0 atom stereocenters. The minimum Gasteiger partial charge on any atom is -0.468 e. The number of thioether (sulfide) groups is 1. The third-order valence-corrected chi connectivity index (χ3v) is 3.32. The van der Waals surface area contributed by atoms with Crippen LogP contribution in [0.15, 0.2) is 46.6 Å². The predicted molar refractivity (Wildman–Crippen MR) is 72.2 cm³/mol. The van der Waals surface area contributed by atoms with Gasteiger partial charge >= 0.3 is 0 Å². The van der Waals surface area contributed by atoms with E-state index in [2.05, 4.69) is 5.32 Å². The van der Waals surface area contributed by atoms with Crippen LogP contribution in [0.25, 0.3) is 0 Å². The number of amides is 1. The topological polar surface area (TPSA) is 81.5 Å². The summed E-state index contributed by atoms with van der Waals surface area (Å²) in [6.07, 6.45) is 1.47. The molecule has 0 radical (unpaired) electrons. The highest BCUT2D eigenvalue weighted by Gasteiger charge is 2.20. The Morgan fingerprint density at radius 2 is 2.16 bits per heavy atom. The SMILES string of the molecule is CC1=C(C(=O)Nc2ccccc2[N+](=O)[O-])SC=CO1. The second-order valence-corrected chi connectivity index (χ2v) is 4.54. The molecule has 1 aromatic carbocycles. The van der Waals surface area contributed by atoms with E-state index in [-0.39, 0.29) is 11.4 Å². The molecule has 1 amide bonds. The summed E-state index contributed by atoms with van der Waals surface area (Å²) in [6.45, 7) is 1.66. The number of anilines is 1. The zero-order chi connectivity index (χ0) is 13.8. The van der Waals surface area contributed by atoms with Crippen LogP contribution >= 0.6 is 11.8 Å². The average Bonchev–Trinajstić information content (AvgIpc) is 2.39. The maximum absolute atomic E-state index is 12.0. The molecule has 1 aliphatic heterocycles. The molecule has 0 unspecified atom stereocenters. The van der Waals surface area contributed by atoms with Crippen LogP contribution in [0.1, 0.15) is 6.92 Å². The van der Waals surface area contributed by atoms with E-state index in [1.807, 2.05) is 0 Å². The van der Waals surface area contributed by atoms with Crippen LogP contribution in [0.4, 0.5) is 11.4 Å². The Morgan fingerprint density at radius 3 is 2.84 bits per heavy atom. The third-order valence-electron chi connectivity index (χ3n) is 2.36. The molecule has 1 heterocycles. The molecule has 0 aromatic heterocycles. The van der Waals surface area contributed by atoms with Gasteiger partial charge < -0.3 is 10.1 Å². The van der Waals surface area contributed by atoms with Crippen molar-refractivity contribution in [2.75, 3.05) is 5.32 Å². The molecule has 2 rings (SSSR count). The van der Waals surface area contributed by atoms with Crippen molar-refractivity contribution in [2.45, 2.75) is 6.92 Å². The van der Waals surface area contributed by atoms with Crippen LogP contribution < -0.4 is 5.32 Å². The summed E-state index contributed by atoms with van der Waals surface area (Å²) in [4.78, 5) is 22.7. The molecule has 0 aliphatic carbocycles. The first-order chi connectivity index (χ1) is 9.09. The van der Waals surface area contributed by atoms with Gasteiger partial charge in [-0.05, 0) is 13.0 Å². The first-order valence-corrected chi connectivity index (χ1v) is 6.21. The van der Waals surface area contributed by atoms with Gasteiger partial charge in [-0.25, -0.2) is 0 Å². The van der Waals surface area contributed by atoms with Gasteiger partial charge in [0.05, 0.1) is 11.2 Å². The van der Waals surface area contributed by atoms with Gasteiger partial charge in [0.25, 0.3) is 11.6 Å². The minimum absolute atomic E-state index is 0.147. The van der Waals surface area contributed by atoms with E-state index in [9.17, 15) is 14.9 Å². The number of nitro benzene ring substituents is 1. The first-order valence-electron chi connectivity index (χ1n) is 5.33. The van der Waals surface area contributed by atoms with Crippen molar-refractivity contribution < 1.29 is 14.5 Å². The fourth-order valence-corrected chi connectivity index (χ4v) is 2.11. The Balaban J connectivity index is 2.22. The van der Waals surface area contributed by atoms with E-state index >= 15 is 0 Å². The van der Waals surface area contributed by atoms with Gasteiger partial charge in [-0.15, -0.1) is 0 Å². The number of carbonyl (C=O) groups is 1. The maximum atomic E-state index is 12.0. The standard InChI is InChI=1S/C12H10N2O4S/c1-8-11(19-7-6-18-8)12(15)13-9-4-2-3-5-10(9)14(16)17/h2-7H,1H3,(H,13,15). The number of allylic oxidation sites excluding steroid dienone is 1. The highest BCUT2D eigenvalue weighted by atomic mass is 32.2. The van der Waals surface area contributed by atoms with Crippen molar-refractivity contribution >= 4 is 29.0 Å². The Morgan fingerprint density at radius 1 is 1.42 bits per heavy atom. The van der Waals surface area contributed by atoms with Gasteiger partial charge in [0.2, 0.25) is 0 Å². The summed E-state index contributed by atoms with van der Waals surface area (Å²) < 4.78 is 5.11. The van der Waals surface area contributed by atoms with Gasteiger partial charge in [0.1, 0.15) is 16.4 Å². The summed E-state index contributed by atoms with van der Waals surface area (Å²) >= 11 is 1.21. The second kappa shape index (κ2) is 5.57. The van der Waals surface area contributed by atoms with Crippen molar-refractivity contribution in [1.82, 2.24) is 0 Å². The monoisotopic (exact) mass is 278 g/mol. The summed E-state index contributed by atoms with van der Waals surface area (Å²) in [5.41, 5.74) is 0.0133. The molecule has 1 aromatic rings. The van der Waals surface area contributed by atoms with E-state index in [0.717, 1.165) is 0 Å². The number of carbonyl (C=O) groups excluding carboxylic acids is 1. The lowest BCUT2D eigenvalue weighted by molar-refractivity contribution is -0.383. The lowest BCUT2D eigenvalue weighted by Crippen LogP contribution is -2.15. The molecular weight excluding hydrogens is 268 g/mol. The van der Waals surface area contributed by atoms with Gasteiger partial charge in [0, 0.05) is 11.5 Å². The van der Waals surface area contributed by atoms with Gasteiger partial charge in [-0.3, -0.25) is 14.9 Å².